The van der Waals surface area contributed by atoms with Crippen LogP contribution in [0.2, 0.25) is 0 Å². The molecule has 0 unspecified atom stereocenters. The van der Waals surface area contributed by atoms with Gasteiger partial charge in [0.05, 0.1) is 5.69 Å². The first-order chi connectivity index (χ1) is 15.1. The van der Waals surface area contributed by atoms with E-state index in [9.17, 15) is 0 Å². The van der Waals surface area contributed by atoms with E-state index < -0.39 is 11.8 Å². The van der Waals surface area contributed by atoms with Crippen LogP contribution in [-0.4, -0.2) is 9.97 Å². The average molecular weight is 401 g/mol. The van der Waals surface area contributed by atoms with Gasteiger partial charge in [0.1, 0.15) is 5.58 Å². The fraction of sp³-hybridized carbons (Fsp3) is 0.407. The molecule has 0 atom stereocenters. The predicted molar refractivity (Wildman–Crippen MR) is 124 cm³/mol. The van der Waals surface area contributed by atoms with E-state index >= 15 is 0 Å². The molecular weight excluding hydrogens is 368 g/mol. The SMILES string of the molecule is [2H]C([2H])(c1ccnc(-c2cccc3c2oc2nc(C)ccc23)c1)C1(C)CCC(C)(C)CC1. The van der Waals surface area contributed by atoms with Crippen LogP contribution in [0.4, 0.5) is 0 Å². The Labute approximate surface area is 181 Å². The zero-order valence-corrected chi connectivity index (χ0v) is 18.2. The molecule has 3 heteroatoms. The van der Waals surface area contributed by atoms with Crippen LogP contribution in [0.1, 0.15) is 60.5 Å². The van der Waals surface area contributed by atoms with Gasteiger partial charge in [0.2, 0.25) is 5.71 Å². The highest BCUT2D eigenvalue weighted by molar-refractivity contribution is 6.08. The lowest BCUT2D eigenvalue weighted by Gasteiger charge is -2.41. The van der Waals surface area contributed by atoms with Crippen molar-refractivity contribution in [3.05, 3.63) is 59.9 Å². The minimum atomic E-state index is -1.44. The molecule has 0 N–H and O–H groups in total. The lowest BCUT2D eigenvalue weighted by Crippen LogP contribution is -2.30. The summed E-state index contributed by atoms with van der Waals surface area (Å²) in [7, 11) is 0. The number of aryl methyl sites for hydroxylation is 1. The standard InChI is InChI=1S/C27H30N2O/c1-18-8-9-21-20-6-5-7-22(24(20)30-25(21)29-18)23-16-19(10-15-28-23)17-27(4)13-11-26(2,3)12-14-27/h5-10,15-16H,11-14,17H2,1-4H3/i17D2. The van der Waals surface area contributed by atoms with Crippen molar-refractivity contribution in [2.75, 3.05) is 0 Å². The molecule has 1 saturated carbocycles. The number of hydrogen-bond acceptors (Lipinski definition) is 3. The van der Waals surface area contributed by atoms with Crippen LogP contribution < -0.4 is 0 Å². The number of rotatable bonds is 3. The van der Waals surface area contributed by atoms with Gasteiger partial charge in [-0.3, -0.25) is 4.98 Å². The van der Waals surface area contributed by atoms with E-state index in [1.165, 1.54) is 0 Å². The number of hydrogen-bond donors (Lipinski definition) is 0. The third-order valence-electron chi connectivity index (χ3n) is 6.69. The van der Waals surface area contributed by atoms with Crippen LogP contribution in [-0.2, 0) is 6.37 Å². The van der Waals surface area contributed by atoms with E-state index in [-0.39, 0.29) is 0 Å². The summed E-state index contributed by atoms with van der Waals surface area (Å²) in [6.07, 6.45) is 4.14. The van der Waals surface area contributed by atoms with Crippen LogP contribution in [0.15, 0.2) is 53.1 Å². The molecule has 4 aromatic rings. The summed E-state index contributed by atoms with van der Waals surface area (Å²) in [5, 5.41) is 1.98. The van der Waals surface area contributed by atoms with Crippen molar-refractivity contribution in [1.82, 2.24) is 9.97 Å². The molecule has 1 fully saturated rings. The number of para-hydroxylation sites is 1. The smallest absolute Gasteiger partial charge is 0.227 e. The largest absolute Gasteiger partial charge is 0.437 e. The second-order valence-electron chi connectivity index (χ2n) is 9.87. The maximum atomic E-state index is 9.13. The fourth-order valence-corrected chi connectivity index (χ4v) is 4.58. The van der Waals surface area contributed by atoms with E-state index in [1.54, 1.807) is 6.20 Å². The van der Waals surface area contributed by atoms with E-state index in [0.717, 1.165) is 59.0 Å². The Balaban J connectivity index is 1.59. The Morgan fingerprint density at radius 1 is 1.00 bits per heavy atom. The van der Waals surface area contributed by atoms with Gasteiger partial charge in [-0.15, -0.1) is 0 Å². The molecule has 0 amide bonds. The van der Waals surface area contributed by atoms with Gasteiger partial charge in [-0.1, -0.05) is 32.9 Å². The van der Waals surface area contributed by atoms with Crippen LogP contribution >= 0.6 is 0 Å². The molecule has 3 heterocycles. The molecule has 0 radical (unpaired) electrons. The quantitative estimate of drug-likeness (QED) is 0.357. The lowest BCUT2D eigenvalue weighted by atomic mass is 9.64. The molecule has 0 spiro atoms. The topological polar surface area (TPSA) is 38.9 Å². The highest BCUT2D eigenvalue weighted by atomic mass is 16.3. The highest BCUT2D eigenvalue weighted by Crippen LogP contribution is 2.46. The minimum absolute atomic E-state index is 0.294. The molecule has 5 rings (SSSR count). The minimum Gasteiger partial charge on any atom is -0.437 e. The van der Waals surface area contributed by atoms with Crippen LogP contribution in [0.5, 0.6) is 0 Å². The van der Waals surface area contributed by atoms with Gasteiger partial charge in [0, 0.05) is 31.0 Å². The molecule has 1 aliphatic carbocycles. The van der Waals surface area contributed by atoms with Crippen LogP contribution in [0.3, 0.4) is 0 Å². The first kappa shape index (κ1) is 17.0. The van der Waals surface area contributed by atoms with E-state index in [0.29, 0.717) is 16.7 Å². The van der Waals surface area contributed by atoms with E-state index in [1.807, 2.05) is 49.4 Å². The Kier molecular flexibility index (Phi) is 3.94. The van der Waals surface area contributed by atoms with Crippen molar-refractivity contribution in [3.8, 4) is 11.3 Å². The Hall–Kier alpha value is -2.68. The Morgan fingerprint density at radius 3 is 2.60 bits per heavy atom. The Morgan fingerprint density at radius 2 is 1.80 bits per heavy atom. The monoisotopic (exact) mass is 400 g/mol. The lowest BCUT2D eigenvalue weighted by molar-refractivity contribution is 0.117. The van der Waals surface area contributed by atoms with E-state index in [2.05, 4.69) is 30.7 Å². The molecule has 3 aromatic heterocycles. The maximum Gasteiger partial charge on any atom is 0.227 e. The summed E-state index contributed by atoms with van der Waals surface area (Å²) in [5.41, 5.74) is 4.46. The molecule has 0 bridgehead atoms. The van der Waals surface area contributed by atoms with Gasteiger partial charge < -0.3 is 4.42 Å². The first-order valence-electron chi connectivity index (χ1n) is 11.9. The number of furan rings is 1. The van der Waals surface area contributed by atoms with Crippen molar-refractivity contribution in [1.29, 1.82) is 0 Å². The zero-order valence-electron chi connectivity index (χ0n) is 20.2. The molecule has 3 nitrogen and oxygen atoms in total. The van der Waals surface area contributed by atoms with Crippen molar-refractivity contribution in [3.63, 3.8) is 0 Å². The summed E-state index contributed by atoms with van der Waals surface area (Å²) >= 11 is 0. The Bertz CT molecular complexity index is 1310. The summed E-state index contributed by atoms with van der Waals surface area (Å²) in [5.74, 6) is 0. The normalized spacial score (nSPS) is 19.6. The third kappa shape index (κ3) is 3.51. The van der Waals surface area contributed by atoms with Gasteiger partial charge in [0.15, 0.2) is 0 Å². The average Bonchev–Trinajstić information content (AvgIpc) is 3.13. The maximum absolute atomic E-state index is 9.13. The number of fused-ring (bicyclic) bond motifs is 3. The van der Waals surface area contributed by atoms with Gasteiger partial charge >= 0.3 is 0 Å². The molecule has 0 saturated heterocycles. The van der Waals surface area contributed by atoms with Gasteiger partial charge in [0.25, 0.3) is 0 Å². The fourth-order valence-electron chi connectivity index (χ4n) is 4.58. The van der Waals surface area contributed by atoms with Crippen molar-refractivity contribution < 1.29 is 7.16 Å². The number of pyridine rings is 2. The second kappa shape index (κ2) is 6.94. The van der Waals surface area contributed by atoms with Gasteiger partial charge in [-0.2, -0.15) is 0 Å². The van der Waals surface area contributed by atoms with Gasteiger partial charge in [-0.25, -0.2) is 4.98 Å². The summed E-state index contributed by atoms with van der Waals surface area (Å²) in [6.45, 7) is 8.64. The van der Waals surface area contributed by atoms with Crippen molar-refractivity contribution in [2.24, 2.45) is 10.8 Å². The van der Waals surface area contributed by atoms with Crippen molar-refractivity contribution >= 4 is 22.1 Å². The molecular formula is C27H30N2O. The molecule has 30 heavy (non-hydrogen) atoms. The molecule has 0 aliphatic heterocycles. The third-order valence-corrected chi connectivity index (χ3v) is 6.69. The first-order valence-corrected chi connectivity index (χ1v) is 10.9. The van der Waals surface area contributed by atoms with Crippen LogP contribution in [0.25, 0.3) is 33.3 Å². The number of benzene rings is 1. The zero-order chi connectivity index (χ0) is 22.7. The van der Waals surface area contributed by atoms with Crippen LogP contribution in [0, 0.1) is 17.8 Å². The van der Waals surface area contributed by atoms with E-state index in [4.69, 9.17) is 7.16 Å². The predicted octanol–water partition coefficient (Wildman–Crippen LogP) is 7.50. The van der Waals surface area contributed by atoms with Crippen molar-refractivity contribution in [2.45, 2.75) is 59.8 Å². The number of aromatic nitrogens is 2. The molecule has 1 aliphatic rings. The second-order valence-corrected chi connectivity index (χ2v) is 9.87. The highest BCUT2D eigenvalue weighted by Gasteiger charge is 2.34. The number of nitrogens with zero attached hydrogens (tertiary/aromatic N) is 2. The summed E-state index contributed by atoms with van der Waals surface area (Å²) in [4.78, 5) is 9.14. The molecule has 1 aromatic carbocycles. The molecule has 154 valence electrons. The van der Waals surface area contributed by atoms with Gasteiger partial charge in [-0.05, 0) is 85.7 Å². The summed E-state index contributed by atoms with van der Waals surface area (Å²) in [6, 6.07) is 13.8. The summed E-state index contributed by atoms with van der Waals surface area (Å²) < 4.78 is 24.4.